The van der Waals surface area contributed by atoms with Crippen LogP contribution in [0.25, 0.3) is 0 Å². The predicted molar refractivity (Wildman–Crippen MR) is 129 cm³/mol. The van der Waals surface area contributed by atoms with Gasteiger partial charge in [-0.3, -0.25) is 14.4 Å². The zero-order valence-electron chi connectivity index (χ0n) is 19.6. The molecular formula is C25H31N3O5S. The lowest BCUT2D eigenvalue weighted by molar-refractivity contribution is -0.140. The molecule has 0 aromatic heterocycles. The lowest BCUT2D eigenvalue weighted by atomic mass is 10.1. The number of amides is 3. The van der Waals surface area contributed by atoms with Crippen LogP contribution in [0.3, 0.4) is 0 Å². The van der Waals surface area contributed by atoms with Gasteiger partial charge < -0.3 is 10.2 Å². The molecule has 1 aliphatic rings. The number of carbonyl (C=O) groups is 3. The van der Waals surface area contributed by atoms with Crippen LogP contribution in [0.1, 0.15) is 49.0 Å². The van der Waals surface area contributed by atoms with Crippen molar-refractivity contribution >= 4 is 27.7 Å². The van der Waals surface area contributed by atoms with Gasteiger partial charge in [0, 0.05) is 26.1 Å². The maximum absolute atomic E-state index is 13.3. The van der Waals surface area contributed by atoms with Gasteiger partial charge in [0.25, 0.3) is 15.9 Å². The minimum Gasteiger partial charge on any atom is -0.354 e. The van der Waals surface area contributed by atoms with Gasteiger partial charge in [-0.2, -0.15) is 0 Å². The number of hydrogen-bond acceptors (Lipinski definition) is 5. The van der Waals surface area contributed by atoms with Crippen LogP contribution in [0.2, 0.25) is 0 Å². The molecule has 0 radical (unpaired) electrons. The molecule has 9 heteroatoms. The summed E-state index contributed by atoms with van der Waals surface area (Å²) in [4.78, 5) is 40.2. The lowest BCUT2D eigenvalue weighted by Gasteiger charge is -2.31. The Morgan fingerprint density at radius 2 is 1.71 bits per heavy atom. The van der Waals surface area contributed by atoms with Crippen molar-refractivity contribution in [3.8, 4) is 0 Å². The van der Waals surface area contributed by atoms with Crippen LogP contribution in [0, 0.1) is 0 Å². The second kappa shape index (κ2) is 11.3. The van der Waals surface area contributed by atoms with E-state index in [0.29, 0.717) is 25.9 Å². The first-order valence-corrected chi connectivity index (χ1v) is 13.0. The number of sulfonamides is 1. The molecule has 1 N–H and O–H groups in total. The van der Waals surface area contributed by atoms with Crippen LogP contribution in [0.15, 0.2) is 59.5 Å². The fourth-order valence-electron chi connectivity index (χ4n) is 4.05. The number of nitrogens with one attached hydrogen (secondary N) is 1. The summed E-state index contributed by atoms with van der Waals surface area (Å²) in [6.07, 6.45) is 1.54. The van der Waals surface area contributed by atoms with E-state index in [4.69, 9.17) is 0 Å². The van der Waals surface area contributed by atoms with Crippen LogP contribution in [-0.2, 0) is 26.0 Å². The van der Waals surface area contributed by atoms with Crippen molar-refractivity contribution in [3.05, 3.63) is 65.7 Å². The molecule has 34 heavy (non-hydrogen) atoms. The maximum Gasteiger partial charge on any atom is 0.269 e. The Balaban J connectivity index is 1.76. The minimum absolute atomic E-state index is 0.0428. The average molecular weight is 486 g/mol. The first-order valence-electron chi connectivity index (χ1n) is 11.6. The smallest absolute Gasteiger partial charge is 0.269 e. The second-order valence-electron chi connectivity index (χ2n) is 8.17. The zero-order chi connectivity index (χ0) is 24.7. The first kappa shape index (κ1) is 25.4. The van der Waals surface area contributed by atoms with Crippen molar-refractivity contribution < 1.29 is 22.8 Å². The Morgan fingerprint density at radius 1 is 1.03 bits per heavy atom. The van der Waals surface area contributed by atoms with E-state index in [9.17, 15) is 22.8 Å². The Labute approximate surface area is 201 Å². The summed E-state index contributed by atoms with van der Waals surface area (Å²) in [5, 5.41) is 2.85. The van der Waals surface area contributed by atoms with Crippen molar-refractivity contribution in [2.75, 3.05) is 19.6 Å². The van der Waals surface area contributed by atoms with E-state index in [2.05, 4.69) is 5.32 Å². The fourth-order valence-corrected chi connectivity index (χ4v) is 5.62. The highest BCUT2D eigenvalue weighted by Crippen LogP contribution is 2.30. The number of benzene rings is 2. The summed E-state index contributed by atoms with van der Waals surface area (Å²) in [5.74, 6) is -1.23. The highest BCUT2D eigenvalue weighted by molar-refractivity contribution is 7.90. The lowest BCUT2D eigenvalue weighted by Crippen LogP contribution is -2.50. The molecule has 1 atom stereocenters. The van der Waals surface area contributed by atoms with E-state index < -0.39 is 22.0 Å². The normalized spacial score (nSPS) is 15.0. The van der Waals surface area contributed by atoms with Crippen LogP contribution < -0.4 is 5.32 Å². The van der Waals surface area contributed by atoms with Crippen LogP contribution in [-0.4, -0.2) is 61.0 Å². The molecule has 0 fully saturated rings. The highest BCUT2D eigenvalue weighted by Gasteiger charge is 2.41. The number of carbonyl (C=O) groups excluding carboxylic acids is 3. The highest BCUT2D eigenvalue weighted by atomic mass is 32.2. The Kier molecular flexibility index (Phi) is 8.44. The molecule has 0 saturated heterocycles. The van der Waals surface area contributed by atoms with E-state index in [0.717, 1.165) is 16.3 Å². The van der Waals surface area contributed by atoms with Gasteiger partial charge in [0.15, 0.2) is 0 Å². The van der Waals surface area contributed by atoms with Crippen LogP contribution in [0.4, 0.5) is 0 Å². The largest absolute Gasteiger partial charge is 0.354 e. The molecule has 2 aromatic carbocycles. The summed E-state index contributed by atoms with van der Waals surface area (Å²) >= 11 is 0. The molecule has 0 aliphatic carbocycles. The third kappa shape index (κ3) is 5.47. The molecule has 0 unspecified atom stereocenters. The van der Waals surface area contributed by atoms with Gasteiger partial charge in [-0.25, -0.2) is 12.7 Å². The van der Waals surface area contributed by atoms with Crippen molar-refractivity contribution in [2.24, 2.45) is 0 Å². The molecule has 8 nitrogen and oxygen atoms in total. The molecule has 3 amide bonds. The van der Waals surface area contributed by atoms with Gasteiger partial charge in [0.05, 0.1) is 5.56 Å². The summed E-state index contributed by atoms with van der Waals surface area (Å²) in [7, 11) is -3.99. The van der Waals surface area contributed by atoms with E-state index in [1.54, 1.807) is 12.1 Å². The SMILES string of the molecule is CCCNC(=O)[C@H](CC)N(CCc1ccccc1)C(=O)CCN1C(=O)c2ccccc2S1(=O)=O. The van der Waals surface area contributed by atoms with Gasteiger partial charge in [0.2, 0.25) is 11.8 Å². The summed E-state index contributed by atoms with van der Waals surface area (Å²) in [6.45, 7) is 4.33. The van der Waals surface area contributed by atoms with Gasteiger partial charge in [-0.1, -0.05) is 56.3 Å². The Bertz CT molecular complexity index is 1130. The third-order valence-corrected chi connectivity index (χ3v) is 7.70. The predicted octanol–water partition coefficient (Wildman–Crippen LogP) is 2.60. The van der Waals surface area contributed by atoms with Crippen LogP contribution in [0.5, 0.6) is 0 Å². The maximum atomic E-state index is 13.3. The Hall–Kier alpha value is -3.20. The Morgan fingerprint density at radius 3 is 2.35 bits per heavy atom. The topological polar surface area (TPSA) is 104 Å². The molecule has 3 rings (SSSR count). The molecule has 0 saturated carbocycles. The van der Waals surface area contributed by atoms with E-state index >= 15 is 0 Å². The molecule has 2 aromatic rings. The van der Waals surface area contributed by atoms with Gasteiger partial charge in [-0.15, -0.1) is 0 Å². The monoisotopic (exact) mass is 485 g/mol. The van der Waals surface area contributed by atoms with Crippen LogP contribution >= 0.6 is 0 Å². The molecule has 0 bridgehead atoms. The average Bonchev–Trinajstić information content (AvgIpc) is 3.04. The van der Waals surface area contributed by atoms with Crippen molar-refractivity contribution in [1.82, 2.24) is 14.5 Å². The van der Waals surface area contributed by atoms with Gasteiger partial charge in [0.1, 0.15) is 10.9 Å². The standard InChI is InChI=1S/C25H31N3O5S/c1-3-16-26-24(30)21(4-2)27(17-14-19-10-6-5-7-11-19)23(29)15-18-28-25(31)20-12-8-9-13-22(20)34(28,32)33/h5-13,21H,3-4,14-18H2,1-2H3,(H,26,30)/t21-/m0/s1. The molecule has 1 heterocycles. The number of nitrogens with zero attached hydrogens (tertiary/aromatic N) is 2. The van der Waals surface area contributed by atoms with Gasteiger partial charge >= 0.3 is 0 Å². The summed E-state index contributed by atoms with van der Waals surface area (Å²) in [6, 6.07) is 15.0. The van der Waals surface area contributed by atoms with E-state index in [1.165, 1.54) is 17.0 Å². The number of rotatable bonds is 11. The third-order valence-electron chi connectivity index (χ3n) is 5.86. The van der Waals surface area contributed by atoms with Crippen molar-refractivity contribution in [3.63, 3.8) is 0 Å². The molecule has 182 valence electrons. The molecular weight excluding hydrogens is 454 g/mol. The first-order chi connectivity index (χ1) is 16.3. The molecule has 1 aliphatic heterocycles. The van der Waals surface area contributed by atoms with Crippen molar-refractivity contribution in [2.45, 2.75) is 50.5 Å². The summed E-state index contributed by atoms with van der Waals surface area (Å²) < 4.78 is 26.4. The fraction of sp³-hybridized carbons (Fsp3) is 0.400. The van der Waals surface area contributed by atoms with E-state index in [-0.39, 0.29) is 35.2 Å². The number of hydrogen-bond donors (Lipinski definition) is 1. The number of fused-ring (bicyclic) bond motifs is 1. The van der Waals surface area contributed by atoms with Crippen molar-refractivity contribution in [1.29, 1.82) is 0 Å². The quantitative estimate of drug-likeness (QED) is 0.527. The van der Waals surface area contributed by atoms with Gasteiger partial charge in [-0.05, 0) is 37.0 Å². The minimum atomic E-state index is -3.99. The molecule has 0 spiro atoms. The second-order valence-corrected chi connectivity index (χ2v) is 10.00. The van der Waals surface area contributed by atoms with E-state index in [1.807, 2.05) is 44.2 Å². The zero-order valence-corrected chi connectivity index (χ0v) is 20.4. The summed E-state index contributed by atoms with van der Waals surface area (Å²) in [5.41, 5.74) is 1.14.